The fraction of sp³-hybridized carbons (Fsp3) is 0.143. The summed E-state index contributed by atoms with van der Waals surface area (Å²) in [6.07, 6.45) is 0. The average molecular weight is 300 g/mol. The first-order chi connectivity index (χ1) is 9.79. The number of halogens is 5. The van der Waals surface area contributed by atoms with Gasteiger partial charge in [0, 0.05) is 17.2 Å². The zero-order valence-electron chi connectivity index (χ0n) is 11.5. The normalized spacial score (nSPS) is 10.8. The zero-order valence-corrected chi connectivity index (χ0v) is 11.5. The summed E-state index contributed by atoms with van der Waals surface area (Å²) in [5.74, 6) is -6.12. The van der Waals surface area contributed by atoms with Crippen LogP contribution in [-0.2, 0) is 0 Å². The van der Waals surface area contributed by atoms with Crippen LogP contribution < -0.4 is 10.2 Å². The van der Waals surface area contributed by atoms with E-state index in [4.69, 9.17) is 4.74 Å². The molecule has 0 aliphatic rings. The SMILES string of the molecule is Bc1c(F)cc(-c2c(F)cc(F)c(C)c2F)c(OC)c1F. The maximum atomic E-state index is 14.1. The summed E-state index contributed by atoms with van der Waals surface area (Å²) >= 11 is 0. The summed E-state index contributed by atoms with van der Waals surface area (Å²) in [7, 11) is 2.26. The van der Waals surface area contributed by atoms with Crippen LogP contribution in [0.5, 0.6) is 5.75 Å². The quantitative estimate of drug-likeness (QED) is 0.612. The number of rotatable bonds is 2. The standard InChI is InChI=1S/C14H10BF5O/c1-5-7(16)4-8(17)10(12(5)19)6-3-9(18)11(15)13(20)14(6)21-2/h3-4H,15H2,1-2H3. The van der Waals surface area contributed by atoms with Crippen LogP contribution in [0.4, 0.5) is 22.0 Å². The second-order valence-electron chi connectivity index (χ2n) is 4.53. The molecule has 7 heteroatoms. The number of ether oxygens (including phenoxy) is 1. The summed E-state index contributed by atoms with van der Waals surface area (Å²) < 4.78 is 73.7. The van der Waals surface area contributed by atoms with Crippen LogP contribution in [0.15, 0.2) is 12.1 Å². The van der Waals surface area contributed by atoms with Crippen LogP contribution in [0.25, 0.3) is 11.1 Å². The first kappa shape index (κ1) is 15.3. The summed E-state index contributed by atoms with van der Waals surface area (Å²) in [6, 6.07) is 1.22. The molecule has 0 N–H and O–H groups in total. The van der Waals surface area contributed by atoms with E-state index in [-0.39, 0.29) is 5.46 Å². The number of benzene rings is 2. The minimum absolute atomic E-state index is 0.338. The summed E-state index contributed by atoms with van der Waals surface area (Å²) in [5, 5.41) is 0. The lowest BCUT2D eigenvalue weighted by molar-refractivity contribution is 0.387. The summed E-state index contributed by atoms with van der Waals surface area (Å²) in [5.41, 5.74) is -1.97. The number of hydrogen-bond acceptors (Lipinski definition) is 1. The third-order valence-electron chi connectivity index (χ3n) is 3.28. The molecule has 0 saturated heterocycles. The van der Waals surface area contributed by atoms with Crippen molar-refractivity contribution < 1.29 is 26.7 Å². The molecule has 0 bridgehead atoms. The monoisotopic (exact) mass is 300 g/mol. The molecule has 2 aromatic rings. The van der Waals surface area contributed by atoms with Gasteiger partial charge in [-0.3, -0.25) is 0 Å². The molecular weight excluding hydrogens is 290 g/mol. The number of hydrogen-bond donors (Lipinski definition) is 0. The Hall–Kier alpha value is -2.05. The van der Waals surface area contributed by atoms with Crippen LogP contribution in [0, 0.1) is 36.0 Å². The molecule has 0 atom stereocenters. The molecule has 1 nitrogen and oxygen atoms in total. The first-order valence-electron chi connectivity index (χ1n) is 5.96. The Kier molecular flexibility index (Phi) is 3.94. The third-order valence-corrected chi connectivity index (χ3v) is 3.28. The van der Waals surface area contributed by atoms with Crippen molar-refractivity contribution in [3.63, 3.8) is 0 Å². The van der Waals surface area contributed by atoms with Gasteiger partial charge in [0.05, 0.1) is 12.7 Å². The molecule has 0 saturated carbocycles. The Morgan fingerprint density at radius 1 is 0.905 bits per heavy atom. The van der Waals surface area contributed by atoms with E-state index in [9.17, 15) is 22.0 Å². The highest BCUT2D eigenvalue weighted by Crippen LogP contribution is 2.37. The Morgan fingerprint density at radius 2 is 1.52 bits per heavy atom. The molecule has 21 heavy (non-hydrogen) atoms. The topological polar surface area (TPSA) is 9.23 Å². The van der Waals surface area contributed by atoms with E-state index in [0.717, 1.165) is 20.1 Å². The predicted octanol–water partition coefficient (Wildman–Crippen LogP) is 2.62. The van der Waals surface area contributed by atoms with Gasteiger partial charge >= 0.3 is 0 Å². The van der Waals surface area contributed by atoms with Gasteiger partial charge < -0.3 is 4.74 Å². The third kappa shape index (κ3) is 2.37. The van der Waals surface area contributed by atoms with Crippen LogP contribution >= 0.6 is 0 Å². The fourth-order valence-corrected chi connectivity index (χ4v) is 2.01. The van der Waals surface area contributed by atoms with Crippen molar-refractivity contribution in [3.8, 4) is 16.9 Å². The Bertz CT molecular complexity index is 730. The highest BCUT2D eigenvalue weighted by atomic mass is 19.2. The van der Waals surface area contributed by atoms with Gasteiger partial charge in [-0.25, -0.2) is 22.0 Å². The van der Waals surface area contributed by atoms with Gasteiger partial charge in [-0.2, -0.15) is 0 Å². The van der Waals surface area contributed by atoms with E-state index in [1.165, 1.54) is 7.85 Å². The van der Waals surface area contributed by atoms with Crippen molar-refractivity contribution in [3.05, 3.63) is 46.8 Å². The van der Waals surface area contributed by atoms with E-state index in [2.05, 4.69) is 0 Å². The van der Waals surface area contributed by atoms with E-state index >= 15 is 0 Å². The van der Waals surface area contributed by atoms with Crippen molar-refractivity contribution in [1.82, 2.24) is 0 Å². The summed E-state index contributed by atoms with van der Waals surface area (Å²) in [6.45, 7) is 1.10. The van der Waals surface area contributed by atoms with Crippen LogP contribution in [0.2, 0.25) is 0 Å². The molecule has 2 aromatic carbocycles. The van der Waals surface area contributed by atoms with Crippen molar-refractivity contribution >= 4 is 13.3 Å². The lowest BCUT2D eigenvalue weighted by Gasteiger charge is -2.15. The largest absolute Gasteiger partial charge is 0.493 e. The predicted molar refractivity (Wildman–Crippen MR) is 71.1 cm³/mol. The van der Waals surface area contributed by atoms with E-state index in [1.54, 1.807) is 0 Å². The van der Waals surface area contributed by atoms with Crippen molar-refractivity contribution in [2.45, 2.75) is 6.92 Å². The molecule has 0 spiro atoms. The van der Waals surface area contributed by atoms with Crippen LogP contribution in [0.3, 0.4) is 0 Å². The Labute approximate surface area is 118 Å². The van der Waals surface area contributed by atoms with E-state index in [1.807, 2.05) is 0 Å². The van der Waals surface area contributed by atoms with Gasteiger partial charge in [-0.1, -0.05) is 0 Å². The average Bonchev–Trinajstić information content (AvgIpc) is 2.43. The second-order valence-corrected chi connectivity index (χ2v) is 4.53. The van der Waals surface area contributed by atoms with E-state index in [0.29, 0.717) is 6.07 Å². The Morgan fingerprint density at radius 3 is 2.10 bits per heavy atom. The molecule has 0 amide bonds. The second kappa shape index (κ2) is 5.39. The van der Waals surface area contributed by atoms with Gasteiger partial charge in [-0.05, 0) is 18.5 Å². The maximum Gasteiger partial charge on any atom is 0.162 e. The lowest BCUT2D eigenvalue weighted by atomic mass is 9.90. The lowest BCUT2D eigenvalue weighted by Crippen LogP contribution is -2.16. The first-order valence-corrected chi connectivity index (χ1v) is 5.96. The van der Waals surface area contributed by atoms with Gasteiger partial charge in [0.2, 0.25) is 0 Å². The summed E-state index contributed by atoms with van der Waals surface area (Å²) in [4.78, 5) is 0. The van der Waals surface area contributed by atoms with Gasteiger partial charge in [0.1, 0.15) is 31.1 Å². The van der Waals surface area contributed by atoms with Gasteiger partial charge in [0.25, 0.3) is 0 Å². The molecule has 0 unspecified atom stereocenters. The van der Waals surface area contributed by atoms with Crippen molar-refractivity contribution in [1.29, 1.82) is 0 Å². The molecule has 2 rings (SSSR count). The molecule has 0 aromatic heterocycles. The maximum absolute atomic E-state index is 14.1. The Balaban J connectivity index is 2.89. The molecule has 0 aliphatic carbocycles. The van der Waals surface area contributed by atoms with E-state index < -0.39 is 51.5 Å². The van der Waals surface area contributed by atoms with Gasteiger partial charge in [-0.15, -0.1) is 0 Å². The molecule has 0 radical (unpaired) electrons. The fourth-order valence-electron chi connectivity index (χ4n) is 2.01. The molecule has 0 heterocycles. The van der Waals surface area contributed by atoms with Gasteiger partial charge in [0.15, 0.2) is 11.6 Å². The smallest absolute Gasteiger partial charge is 0.162 e. The minimum Gasteiger partial charge on any atom is -0.493 e. The molecular formula is C14H10BF5O. The molecule has 0 aliphatic heterocycles. The zero-order chi connectivity index (χ0) is 15.9. The molecule has 0 fully saturated rings. The van der Waals surface area contributed by atoms with Crippen molar-refractivity contribution in [2.75, 3.05) is 7.11 Å². The van der Waals surface area contributed by atoms with Crippen LogP contribution in [-0.4, -0.2) is 15.0 Å². The molecule has 110 valence electrons. The highest BCUT2D eigenvalue weighted by Gasteiger charge is 2.24. The minimum atomic E-state index is -1.27. The van der Waals surface area contributed by atoms with Crippen LogP contribution in [0.1, 0.15) is 5.56 Å². The highest BCUT2D eigenvalue weighted by molar-refractivity contribution is 6.33. The number of methoxy groups -OCH3 is 1. The van der Waals surface area contributed by atoms with Crippen molar-refractivity contribution in [2.24, 2.45) is 0 Å².